The van der Waals surface area contributed by atoms with Crippen LogP contribution in [0, 0.1) is 5.41 Å². The molecule has 0 spiro atoms. The lowest BCUT2D eigenvalue weighted by Gasteiger charge is -2.37. The van der Waals surface area contributed by atoms with Crippen LogP contribution in [0.1, 0.15) is 41.0 Å². The lowest BCUT2D eigenvalue weighted by Crippen LogP contribution is -2.49. The Labute approximate surface area is 120 Å². The van der Waals surface area contributed by atoms with Crippen molar-refractivity contribution in [1.82, 2.24) is 9.80 Å². The van der Waals surface area contributed by atoms with Gasteiger partial charge in [0.2, 0.25) is 0 Å². The van der Waals surface area contributed by atoms with E-state index in [2.05, 4.69) is 44.4 Å². The molecule has 1 aliphatic heterocycles. The van der Waals surface area contributed by atoms with E-state index in [1.807, 2.05) is 0 Å². The van der Waals surface area contributed by atoms with Crippen molar-refractivity contribution in [2.24, 2.45) is 5.41 Å². The van der Waals surface area contributed by atoms with Crippen LogP contribution < -0.4 is 0 Å². The second kappa shape index (κ2) is 8.58. The van der Waals surface area contributed by atoms with Crippen LogP contribution in [0.4, 0.5) is 0 Å². The van der Waals surface area contributed by atoms with Gasteiger partial charge in [0.25, 0.3) is 0 Å². The van der Waals surface area contributed by atoms with E-state index < -0.39 is 0 Å². The van der Waals surface area contributed by atoms with E-state index in [9.17, 15) is 0 Å². The molecule has 1 saturated heterocycles. The molecule has 1 aliphatic rings. The number of halogens is 2. The molecular formula is C13H30Cl2N2. The zero-order valence-corrected chi connectivity index (χ0v) is 13.7. The van der Waals surface area contributed by atoms with Crippen LogP contribution in [0.5, 0.6) is 0 Å². The summed E-state index contributed by atoms with van der Waals surface area (Å²) in [4.78, 5) is 5.19. The molecule has 0 unspecified atom stereocenters. The van der Waals surface area contributed by atoms with Gasteiger partial charge in [-0.05, 0) is 32.2 Å². The molecule has 0 N–H and O–H groups in total. The Hall–Kier alpha value is 0.500. The first kappa shape index (κ1) is 19.8. The third-order valence-corrected chi connectivity index (χ3v) is 3.32. The van der Waals surface area contributed by atoms with Gasteiger partial charge in [-0.1, -0.05) is 20.8 Å². The van der Waals surface area contributed by atoms with Crippen LogP contribution >= 0.6 is 24.8 Å². The Morgan fingerprint density at radius 1 is 0.941 bits per heavy atom. The van der Waals surface area contributed by atoms with Crippen LogP contribution in [0.15, 0.2) is 0 Å². The van der Waals surface area contributed by atoms with Gasteiger partial charge >= 0.3 is 0 Å². The van der Waals surface area contributed by atoms with E-state index in [1.54, 1.807) is 0 Å². The summed E-state index contributed by atoms with van der Waals surface area (Å²) in [5.41, 5.74) is 0.481. The van der Waals surface area contributed by atoms with E-state index in [0.717, 1.165) is 6.04 Å². The van der Waals surface area contributed by atoms with Gasteiger partial charge in [0, 0.05) is 32.2 Å². The first-order valence-electron chi connectivity index (χ1n) is 6.35. The van der Waals surface area contributed by atoms with Gasteiger partial charge in [-0.3, -0.25) is 4.90 Å². The minimum absolute atomic E-state index is 0. The number of piperazine rings is 1. The SMILES string of the molecule is CC(C)N1CCN(CCC(C)(C)C)CC1.Cl.Cl. The zero-order chi connectivity index (χ0) is 11.5. The third kappa shape index (κ3) is 8.25. The summed E-state index contributed by atoms with van der Waals surface area (Å²) in [5.74, 6) is 0. The van der Waals surface area contributed by atoms with Crippen molar-refractivity contribution in [3.8, 4) is 0 Å². The molecule has 1 fully saturated rings. The normalized spacial score (nSPS) is 18.7. The standard InChI is InChI=1S/C13H28N2.2ClH/c1-12(2)15-10-8-14(9-11-15)7-6-13(3,4)5;;/h12H,6-11H2,1-5H3;2*1H. The molecule has 1 rings (SSSR count). The maximum absolute atomic E-state index is 2.62. The van der Waals surface area contributed by atoms with E-state index in [-0.39, 0.29) is 24.8 Å². The van der Waals surface area contributed by atoms with Crippen molar-refractivity contribution in [2.75, 3.05) is 32.7 Å². The Morgan fingerprint density at radius 2 is 1.41 bits per heavy atom. The third-order valence-electron chi connectivity index (χ3n) is 3.32. The maximum Gasteiger partial charge on any atom is 0.0113 e. The predicted molar refractivity (Wildman–Crippen MR) is 81.7 cm³/mol. The number of rotatable bonds is 3. The fourth-order valence-corrected chi connectivity index (χ4v) is 2.00. The average Bonchev–Trinajstić information content (AvgIpc) is 2.14. The van der Waals surface area contributed by atoms with Gasteiger partial charge in [0.1, 0.15) is 0 Å². The summed E-state index contributed by atoms with van der Waals surface area (Å²) in [6.45, 7) is 17.9. The fourth-order valence-electron chi connectivity index (χ4n) is 2.00. The molecule has 0 saturated carbocycles. The highest BCUT2D eigenvalue weighted by molar-refractivity contribution is 5.85. The summed E-state index contributed by atoms with van der Waals surface area (Å²) in [5, 5.41) is 0. The summed E-state index contributed by atoms with van der Waals surface area (Å²) in [6, 6.07) is 0.717. The van der Waals surface area contributed by atoms with Crippen LogP contribution in [0.2, 0.25) is 0 Å². The highest BCUT2D eigenvalue weighted by Gasteiger charge is 2.20. The lowest BCUT2D eigenvalue weighted by molar-refractivity contribution is 0.100. The molecular weight excluding hydrogens is 255 g/mol. The van der Waals surface area contributed by atoms with E-state index in [4.69, 9.17) is 0 Å². The van der Waals surface area contributed by atoms with Crippen molar-refractivity contribution in [3.05, 3.63) is 0 Å². The summed E-state index contributed by atoms with van der Waals surface area (Å²) >= 11 is 0. The molecule has 2 nitrogen and oxygen atoms in total. The lowest BCUT2D eigenvalue weighted by atomic mass is 9.92. The second-order valence-electron chi connectivity index (χ2n) is 6.28. The molecule has 4 heteroatoms. The molecule has 17 heavy (non-hydrogen) atoms. The molecule has 0 aromatic rings. The molecule has 0 aromatic carbocycles. The first-order valence-corrected chi connectivity index (χ1v) is 6.35. The topological polar surface area (TPSA) is 6.48 Å². The number of hydrogen-bond donors (Lipinski definition) is 0. The Bertz CT molecular complexity index is 182. The van der Waals surface area contributed by atoms with Crippen LogP contribution in [0.25, 0.3) is 0 Å². The summed E-state index contributed by atoms with van der Waals surface area (Å²) in [7, 11) is 0. The second-order valence-corrected chi connectivity index (χ2v) is 6.28. The van der Waals surface area contributed by atoms with Crippen LogP contribution in [-0.4, -0.2) is 48.6 Å². The first-order chi connectivity index (χ1) is 6.88. The Kier molecular flexibility index (Phi) is 10.0. The summed E-state index contributed by atoms with van der Waals surface area (Å²) < 4.78 is 0. The Balaban J connectivity index is 0. The molecule has 1 heterocycles. The number of hydrogen-bond acceptors (Lipinski definition) is 2. The summed E-state index contributed by atoms with van der Waals surface area (Å²) in [6.07, 6.45) is 1.31. The van der Waals surface area contributed by atoms with Gasteiger partial charge in [-0.25, -0.2) is 0 Å². The quantitative estimate of drug-likeness (QED) is 0.785. The van der Waals surface area contributed by atoms with Crippen molar-refractivity contribution in [3.63, 3.8) is 0 Å². The molecule has 0 amide bonds. The molecule has 0 aliphatic carbocycles. The van der Waals surface area contributed by atoms with E-state index >= 15 is 0 Å². The minimum atomic E-state index is 0. The van der Waals surface area contributed by atoms with Crippen molar-refractivity contribution >= 4 is 24.8 Å². The zero-order valence-electron chi connectivity index (χ0n) is 12.0. The number of nitrogens with zero attached hydrogens (tertiary/aromatic N) is 2. The smallest absolute Gasteiger partial charge is 0.0113 e. The predicted octanol–water partition coefficient (Wildman–Crippen LogP) is 3.29. The molecule has 106 valence electrons. The van der Waals surface area contributed by atoms with Gasteiger partial charge < -0.3 is 4.90 Å². The fraction of sp³-hybridized carbons (Fsp3) is 1.00. The minimum Gasteiger partial charge on any atom is -0.301 e. The molecule has 0 bridgehead atoms. The van der Waals surface area contributed by atoms with Gasteiger partial charge in [0.15, 0.2) is 0 Å². The van der Waals surface area contributed by atoms with Gasteiger partial charge in [-0.15, -0.1) is 24.8 Å². The van der Waals surface area contributed by atoms with Gasteiger partial charge in [0.05, 0.1) is 0 Å². The van der Waals surface area contributed by atoms with Crippen LogP contribution in [0.3, 0.4) is 0 Å². The average molecular weight is 285 g/mol. The van der Waals surface area contributed by atoms with Crippen molar-refractivity contribution < 1.29 is 0 Å². The monoisotopic (exact) mass is 284 g/mol. The maximum atomic E-state index is 2.62. The van der Waals surface area contributed by atoms with Crippen molar-refractivity contribution in [1.29, 1.82) is 0 Å². The van der Waals surface area contributed by atoms with Gasteiger partial charge in [-0.2, -0.15) is 0 Å². The van der Waals surface area contributed by atoms with Crippen LogP contribution in [-0.2, 0) is 0 Å². The highest BCUT2D eigenvalue weighted by Crippen LogP contribution is 2.19. The molecule has 0 radical (unpaired) electrons. The Morgan fingerprint density at radius 3 is 1.76 bits per heavy atom. The molecule has 0 aromatic heterocycles. The molecule has 0 atom stereocenters. The highest BCUT2D eigenvalue weighted by atomic mass is 35.5. The van der Waals surface area contributed by atoms with Crippen molar-refractivity contribution in [2.45, 2.75) is 47.1 Å². The largest absolute Gasteiger partial charge is 0.301 e. The van der Waals surface area contributed by atoms with E-state index in [0.29, 0.717) is 5.41 Å². The van der Waals surface area contributed by atoms with E-state index in [1.165, 1.54) is 39.1 Å².